The zero-order valence-electron chi connectivity index (χ0n) is 14.9. The number of amides is 1. The Morgan fingerprint density at radius 3 is 3.08 bits per heavy atom. The lowest BCUT2D eigenvalue weighted by Gasteiger charge is -2.33. The molecule has 8 heteroatoms. The van der Waals surface area contributed by atoms with Crippen molar-refractivity contribution in [2.24, 2.45) is 0 Å². The molecule has 136 valence electrons. The molecule has 0 spiro atoms. The number of hydrogen-bond donors (Lipinski definition) is 1. The summed E-state index contributed by atoms with van der Waals surface area (Å²) in [5.74, 6) is 1.25. The number of aromatic amines is 1. The number of thioether (sulfide) groups is 1. The lowest BCUT2D eigenvalue weighted by atomic mass is 10.0. The first-order valence-corrected chi connectivity index (χ1v) is 9.76. The standard InChI is InChI=1S/C18H21N5O2S/c1-11-5-3-4-8-23(11)15(24)10-26-18-20-17-16(21-22-18)13-9-12(25-2)6-7-14(13)19-17/h6-7,9,11H,3-5,8,10H2,1-2H3,(H,19,20,22)/t11-/m1/s1. The fourth-order valence-corrected chi connectivity index (χ4v) is 4.07. The van der Waals surface area contributed by atoms with Gasteiger partial charge in [0.25, 0.3) is 0 Å². The van der Waals surface area contributed by atoms with E-state index in [-0.39, 0.29) is 5.91 Å². The number of hydrogen-bond acceptors (Lipinski definition) is 6. The van der Waals surface area contributed by atoms with Crippen molar-refractivity contribution in [2.45, 2.75) is 37.4 Å². The highest BCUT2D eigenvalue weighted by Crippen LogP contribution is 2.27. The zero-order chi connectivity index (χ0) is 18.1. The lowest BCUT2D eigenvalue weighted by molar-refractivity contribution is -0.131. The second kappa shape index (κ2) is 7.11. The molecular weight excluding hydrogens is 350 g/mol. The highest BCUT2D eigenvalue weighted by Gasteiger charge is 2.23. The third-order valence-corrected chi connectivity index (χ3v) is 5.67. The van der Waals surface area contributed by atoms with Crippen LogP contribution >= 0.6 is 11.8 Å². The van der Waals surface area contributed by atoms with E-state index in [1.165, 1.54) is 18.2 Å². The molecule has 1 aromatic carbocycles. The summed E-state index contributed by atoms with van der Waals surface area (Å²) >= 11 is 1.34. The first-order valence-electron chi connectivity index (χ1n) is 8.78. The minimum atomic E-state index is 0.146. The number of nitrogens with zero attached hydrogens (tertiary/aromatic N) is 4. The Balaban J connectivity index is 1.52. The Morgan fingerprint density at radius 1 is 1.38 bits per heavy atom. The number of ether oxygens (including phenoxy) is 1. The molecule has 4 rings (SSSR count). The van der Waals surface area contributed by atoms with E-state index in [0.29, 0.717) is 28.1 Å². The summed E-state index contributed by atoms with van der Waals surface area (Å²) in [5, 5.41) is 9.93. The fourth-order valence-electron chi connectivity index (χ4n) is 3.40. The van der Waals surface area contributed by atoms with Gasteiger partial charge in [0.05, 0.1) is 12.9 Å². The summed E-state index contributed by atoms with van der Waals surface area (Å²) in [7, 11) is 1.63. The van der Waals surface area contributed by atoms with E-state index in [1.807, 2.05) is 23.1 Å². The number of nitrogens with one attached hydrogen (secondary N) is 1. The minimum Gasteiger partial charge on any atom is -0.497 e. The summed E-state index contributed by atoms with van der Waals surface area (Å²) in [5.41, 5.74) is 2.31. The van der Waals surface area contributed by atoms with Crippen LogP contribution in [0.3, 0.4) is 0 Å². The molecule has 3 heterocycles. The van der Waals surface area contributed by atoms with E-state index in [4.69, 9.17) is 4.74 Å². The predicted molar refractivity (Wildman–Crippen MR) is 101 cm³/mol. The molecule has 7 nitrogen and oxygen atoms in total. The predicted octanol–water partition coefficient (Wildman–Crippen LogP) is 3.01. The van der Waals surface area contributed by atoms with Crippen LogP contribution in [0.15, 0.2) is 23.4 Å². The number of aromatic nitrogens is 4. The number of carbonyl (C=O) groups excluding carboxylic acids is 1. The molecular formula is C18H21N5O2S. The normalized spacial score (nSPS) is 17.8. The van der Waals surface area contributed by atoms with Crippen LogP contribution in [0.1, 0.15) is 26.2 Å². The van der Waals surface area contributed by atoms with Crippen LogP contribution in [-0.2, 0) is 4.79 Å². The van der Waals surface area contributed by atoms with Gasteiger partial charge in [-0.05, 0) is 44.4 Å². The van der Waals surface area contributed by atoms with Gasteiger partial charge in [-0.25, -0.2) is 4.98 Å². The third-order valence-electron chi connectivity index (χ3n) is 4.85. The Labute approximate surface area is 155 Å². The number of carbonyl (C=O) groups is 1. The second-order valence-electron chi connectivity index (χ2n) is 6.55. The largest absolute Gasteiger partial charge is 0.497 e. The van der Waals surface area contributed by atoms with Crippen molar-refractivity contribution >= 4 is 39.7 Å². The fraction of sp³-hybridized carbons (Fsp3) is 0.444. The van der Waals surface area contributed by atoms with E-state index in [2.05, 4.69) is 27.1 Å². The molecule has 0 unspecified atom stereocenters. The minimum absolute atomic E-state index is 0.146. The van der Waals surface area contributed by atoms with Crippen molar-refractivity contribution in [1.82, 2.24) is 25.1 Å². The summed E-state index contributed by atoms with van der Waals surface area (Å²) in [4.78, 5) is 22.2. The van der Waals surface area contributed by atoms with Crippen molar-refractivity contribution < 1.29 is 9.53 Å². The molecule has 3 aromatic rings. The summed E-state index contributed by atoms with van der Waals surface area (Å²) in [6.07, 6.45) is 3.37. The topological polar surface area (TPSA) is 84.0 Å². The van der Waals surface area contributed by atoms with Gasteiger partial charge in [-0.2, -0.15) is 0 Å². The highest BCUT2D eigenvalue weighted by atomic mass is 32.2. The number of likely N-dealkylation sites (tertiary alicyclic amines) is 1. The van der Waals surface area contributed by atoms with E-state index in [1.54, 1.807) is 7.11 Å². The molecule has 1 amide bonds. The molecule has 1 aliphatic heterocycles. The maximum absolute atomic E-state index is 12.5. The molecule has 2 aromatic heterocycles. The Morgan fingerprint density at radius 2 is 2.27 bits per heavy atom. The van der Waals surface area contributed by atoms with Gasteiger partial charge in [0.15, 0.2) is 5.65 Å². The van der Waals surface area contributed by atoms with Gasteiger partial charge < -0.3 is 14.6 Å². The SMILES string of the molecule is COc1ccc2[nH]c3nc(SCC(=O)N4CCCC[C@H]4C)nnc3c2c1. The van der Waals surface area contributed by atoms with Crippen LogP contribution in [-0.4, -0.2) is 56.4 Å². The van der Waals surface area contributed by atoms with Crippen LogP contribution in [0, 0.1) is 0 Å². The Bertz CT molecular complexity index is 957. The van der Waals surface area contributed by atoms with Gasteiger partial charge in [0.2, 0.25) is 11.1 Å². The first kappa shape index (κ1) is 17.1. The van der Waals surface area contributed by atoms with Crippen molar-refractivity contribution in [3.05, 3.63) is 18.2 Å². The van der Waals surface area contributed by atoms with Crippen LogP contribution in [0.2, 0.25) is 0 Å². The molecule has 1 fully saturated rings. The third kappa shape index (κ3) is 3.21. The molecule has 0 saturated carbocycles. The highest BCUT2D eigenvalue weighted by molar-refractivity contribution is 7.99. The van der Waals surface area contributed by atoms with Crippen molar-refractivity contribution in [1.29, 1.82) is 0 Å². The summed E-state index contributed by atoms with van der Waals surface area (Å²) in [6.45, 7) is 2.97. The smallest absolute Gasteiger partial charge is 0.233 e. The zero-order valence-corrected chi connectivity index (χ0v) is 15.7. The second-order valence-corrected chi connectivity index (χ2v) is 7.49. The number of piperidine rings is 1. The molecule has 0 radical (unpaired) electrons. The average molecular weight is 371 g/mol. The Hall–Kier alpha value is -2.35. The molecule has 0 bridgehead atoms. The quantitative estimate of drug-likeness (QED) is 0.710. The number of benzene rings is 1. The van der Waals surface area contributed by atoms with Crippen LogP contribution in [0.5, 0.6) is 5.75 Å². The molecule has 0 aliphatic carbocycles. The van der Waals surface area contributed by atoms with Crippen LogP contribution < -0.4 is 4.74 Å². The first-order chi connectivity index (χ1) is 12.7. The van der Waals surface area contributed by atoms with Crippen molar-refractivity contribution in [2.75, 3.05) is 19.4 Å². The van der Waals surface area contributed by atoms with E-state index >= 15 is 0 Å². The maximum atomic E-state index is 12.5. The summed E-state index contributed by atoms with van der Waals surface area (Å²) in [6, 6.07) is 6.06. The van der Waals surface area contributed by atoms with Gasteiger partial charge >= 0.3 is 0 Å². The molecule has 1 aliphatic rings. The summed E-state index contributed by atoms with van der Waals surface area (Å²) < 4.78 is 5.27. The van der Waals surface area contributed by atoms with Crippen molar-refractivity contribution in [3.63, 3.8) is 0 Å². The van der Waals surface area contributed by atoms with E-state index in [0.717, 1.165) is 36.0 Å². The van der Waals surface area contributed by atoms with E-state index in [9.17, 15) is 4.79 Å². The van der Waals surface area contributed by atoms with Gasteiger partial charge in [-0.15, -0.1) is 10.2 Å². The van der Waals surface area contributed by atoms with Gasteiger partial charge in [0, 0.05) is 23.5 Å². The lowest BCUT2D eigenvalue weighted by Crippen LogP contribution is -2.42. The monoisotopic (exact) mass is 371 g/mol. The van der Waals surface area contributed by atoms with Gasteiger partial charge in [-0.3, -0.25) is 4.79 Å². The van der Waals surface area contributed by atoms with Gasteiger partial charge in [-0.1, -0.05) is 11.8 Å². The van der Waals surface area contributed by atoms with Crippen LogP contribution in [0.4, 0.5) is 0 Å². The number of fused-ring (bicyclic) bond motifs is 3. The number of H-pyrrole nitrogens is 1. The maximum Gasteiger partial charge on any atom is 0.233 e. The molecule has 1 atom stereocenters. The van der Waals surface area contributed by atoms with E-state index < -0.39 is 0 Å². The number of rotatable bonds is 4. The van der Waals surface area contributed by atoms with Crippen LogP contribution in [0.25, 0.3) is 22.1 Å². The molecule has 1 N–H and O–H groups in total. The molecule has 1 saturated heterocycles. The number of methoxy groups -OCH3 is 1. The van der Waals surface area contributed by atoms with Gasteiger partial charge in [0.1, 0.15) is 11.3 Å². The average Bonchev–Trinajstić information content (AvgIpc) is 3.03. The molecule has 26 heavy (non-hydrogen) atoms. The Kier molecular flexibility index (Phi) is 4.67. The van der Waals surface area contributed by atoms with Crippen molar-refractivity contribution in [3.8, 4) is 5.75 Å².